The average molecular weight is 349 g/mol. The van der Waals surface area contributed by atoms with Crippen molar-refractivity contribution in [1.29, 1.82) is 0 Å². The molecule has 1 heterocycles. The summed E-state index contributed by atoms with van der Waals surface area (Å²) in [7, 11) is 0. The molecule has 0 saturated heterocycles. The van der Waals surface area contributed by atoms with Gasteiger partial charge < -0.3 is 14.5 Å². The first-order valence-electron chi connectivity index (χ1n) is 7.02. The SMILES string of the molecule is O=C(Nc1ccc(OC(F)(F)F)cc1)c1cc2ccccc2oc1=O. The lowest BCUT2D eigenvalue weighted by Gasteiger charge is -2.10. The van der Waals surface area contributed by atoms with Gasteiger partial charge in [-0.15, -0.1) is 13.2 Å². The van der Waals surface area contributed by atoms with Gasteiger partial charge >= 0.3 is 12.0 Å². The van der Waals surface area contributed by atoms with Gasteiger partial charge in [0.25, 0.3) is 5.91 Å². The number of alkyl halides is 3. The molecule has 0 bridgehead atoms. The van der Waals surface area contributed by atoms with Crippen LogP contribution in [0.25, 0.3) is 11.0 Å². The van der Waals surface area contributed by atoms with Crippen LogP contribution in [-0.4, -0.2) is 12.3 Å². The van der Waals surface area contributed by atoms with Gasteiger partial charge in [0, 0.05) is 11.1 Å². The molecule has 128 valence electrons. The third kappa shape index (κ3) is 3.97. The number of hydrogen-bond donors (Lipinski definition) is 1. The molecule has 0 fully saturated rings. The standard InChI is InChI=1S/C17H10F3NO4/c18-17(19,20)25-12-7-5-11(6-8-12)21-15(22)13-9-10-3-1-2-4-14(10)24-16(13)23/h1-9H,(H,21,22). The summed E-state index contributed by atoms with van der Waals surface area (Å²) in [5, 5.41) is 2.99. The minimum Gasteiger partial charge on any atom is -0.422 e. The number of amides is 1. The quantitative estimate of drug-likeness (QED) is 0.727. The first kappa shape index (κ1) is 16.6. The van der Waals surface area contributed by atoms with Crippen molar-refractivity contribution in [3.8, 4) is 5.75 Å². The number of carbonyl (C=O) groups excluding carboxylic acids is 1. The van der Waals surface area contributed by atoms with E-state index in [0.717, 1.165) is 12.1 Å². The van der Waals surface area contributed by atoms with E-state index < -0.39 is 23.6 Å². The normalized spacial score (nSPS) is 11.3. The van der Waals surface area contributed by atoms with Crippen LogP contribution in [0.5, 0.6) is 5.75 Å². The molecule has 0 saturated carbocycles. The molecule has 5 nitrogen and oxygen atoms in total. The molecule has 8 heteroatoms. The Hall–Kier alpha value is -3.29. The van der Waals surface area contributed by atoms with E-state index in [1.807, 2.05) is 0 Å². The van der Waals surface area contributed by atoms with Crippen LogP contribution in [0.15, 0.2) is 63.8 Å². The fourth-order valence-corrected chi connectivity index (χ4v) is 2.16. The number of rotatable bonds is 3. The van der Waals surface area contributed by atoms with Gasteiger partial charge in [-0.3, -0.25) is 4.79 Å². The number of anilines is 1. The molecule has 3 rings (SSSR count). The second-order valence-corrected chi connectivity index (χ2v) is 5.01. The Morgan fingerprint density at radius 1 is 1.04 bits per heavy atom. The highest BCUT2D eigenvalue weighted by Gasteiger charge is 2.31. The molecule has 1 amide bonds. The fraction of sp³-hybridized carbons (Fsp3) is 0.0588. The van der Waals surface area contributed by atoms with Crippen LogP contribution in [0.3, 0.4) is 0 Å². The van der Waals surface area contributed by atoms with Gasteiger partial charge in [0.05, 0.1) is 0 Å². The van der Waals surface area contributed by atoms with Gasteiger partial charge in [-0.2, -0.15) is 0 Å². The molecule has 0 radical (unpaired) electrons. The summed E-state index contributed by atoms with van der Waals surface area (Å²) in [4.78, 5) is 24.1. The van der Waals surface area contributed by atoms with Gasteiger partial charge in [-0.1, -0.05) is 18.2 Å². The molecule has 0 atom stereocenters. The van der Waals surface area contributed by atoms with Crippen molar-refractivity contribution in [2.45, 2.75) is 6.36 Å². The number of ether oxygens (including phenoxy) is 1. The van der Waals surface area contributed by atoms with E-state index in [4.69, 9.17) is 4.42 Å². The molecule has 2 aromatic carbocycles. The maximum Gasteiger partial charge on any atom is 0.573 e. The summed E-state index contributed by atoms with van der Waals surface area (Å²) in [5.41, 5.74) is -0.479. The fourth-order valence-electron chi connectivity index (χ4n) is 2.16. The Morgan fingerprint density at radius 2 is 1.72 bits per heavy atom. The van der Waals surface area contributed by atoms with E-state index in [1.165, 1.54) is 18.2 Å². The maximum absolute atomic E-state index is 12.2. The van der Waals surface area contributed by atoms with Crippen molar-refractivity contribution in [3.63, 3.8) is 0 Å². The lowest BCUT2D eigenvalue weighted by atomic mass is 10.1. The zero-order chi connectivity index (χ0) is 18.0. The number of fused-ring (bicyclic) bond motifs is 1. The molecule has 0 aliphatic heterocycles. The Kier molecular flexibility index (Phi) is 4.18. The molecule has 1 N–H and O–H groups in total. The summed E-state index contributed by atoms with van der Waals surface area (Å²) < 4.78 is 45.1. The van der Waals surface area contributed by atoms with Gasteiger partial charge in [0.2, 0.25) is 0 Å². The molecule has 3 aromatic rings. The van der Waals surface area contributed by atoms with Crippen LogP contribution in [0.2, 0.25) is 0 Å². The highest BCUT2D eigenvalue weighted by atomic mass is 19.4. The smallest absolute Gasteiger partial charge is 0.422 e. The molecule has 1 aromatic heterocycles. The van der Waals surface area contributed by atoms with Gasteiger partial charge in [0.1, 0.15) is 16.9 Å². The van der Waals surface area contributed by atoms with Crippen LogP contribution in [0.1, 0.15) is 10.4 Å². The third-order valence-corrected chi connectivity index (χ3v) is 3.23. The highest BCUT2D eigenvalue weighted by molar-refractivity contribution is 6.05. The Bertz CT molecular complexity index is 978. The molecular weight excluding hydrogens is 339 g/mol. The molecule has 0 aliphatic rings. The van der Waals surface area contributed by atoms with Crippen molar-refractivity contribution >= 4 is 22.6 Å². The van der Waals surface area contributed by atoms with E-state index in [9.17, 15) is 22.8 Å². The zero-order valence-corrected chi connectivity index (χ0v) is 12.5. The molecule has 25 heavy (non-hydrogen) atoms. The first-order chi connectivity index (χ1) is 11.8. The van der Waals surface area contributed by atoms with E-state index in [1.54, 1.807) is 24.3 Å². The minimum absolute atomic E-state index is 0.201. The van der Waals surface area contributed by atoms with Gasteiger partial charge in [-0.25, -0.2) is 4.79 Å². The summed E-state index contributed by atoms with van der Waals surface area (Å²) in [6.07, 6.45) is -4.80. The van der Waals surface area contributed by atoms with Crippen molar-refractivity contribution < 1.29 is 27.1 Å². The van der Waals surface area contributed by atoms with Crippen LogP contribution in [0, 0.1) is 0 Å². The largest absolute Gasteiger partial charge is 0.573 e. The predicted octanol–water partition coefficient (Wildman–Crippen LogP) is 3.94. The Balaban J connectivity index is 1.80. The number of hydrogen-bond acceptors (Lipinski definition) is 4. The summed E-state index contributed by atoms with van der Waals surface area (Å²) in [6, 6.07) is 12.6. The van der Waals surface area contributed by atoms with Crippen molar-refractivity contribution in [1.82, 2.24) is 0 Å². The molecule has 0 unspecified atom stereocenters. The van der Waals surface area contributed by atoms with E-state index >= 15 is 0 Å². The Morgan fingerprint density at radius 3 is 2.40 bits per heavy atom. The number of benzene rings is 2. The summed E-state index contributed by atoms with van der Waals surface area (Å²) in [6.45, 7) is 0. The maximum atomic E-state index is 12.2. The van der Waals surface area contributed by atoms with Gasteiger partial charge in [0.15, 0.2) is 0 Å². The second-order valence-electron chi connectivity index (χ2n) is 5.01. The molecule has 0 aliphatic carbocycles. The monoisotopic (exact) mass is 349 g/mol. The van der Waals surface area contributed by atoms with Crippen molar-refractivity contribution in [2.75, 3.05) is 5.32 Å². The number of para-hydroxylation sites is 1. The van der Waals surface area contributed by atoms with Gasteiger partial charge in [-0.05, 0) is 36.4 Å². The van der Waals surface area contributed by atoms with E-state index in [-0.39, 0.29) is 11.3 Å². The number of nitrogens with one attached hydrogen (secondary N) is 1. The Labute approximate surface area is 138 Å². The topological polar surface area (TPSA) is 68.5 Å². The van der Waals surface area contributed by atoms with Crippen molar-refractivity contribution in [3.05, 3.63) is 70.6 Å². The van der Waals surface area contributed by atoms with Crippen molar-refractivity contribution in [2.24, 2.45) is 0 Å². The van der Waals surface area contributed by atoms with Crippen LogP contribution in [0.4, 0.5) is 18.9 Å². The zero-order valence-electron chi connectivity index (χ0n) is 12.5. The summed E-state index contributed by atoms with van der Waals surface area (Å²) in [5.74, 6) is -1.15. The molecule has 0 spiro atoms. The van der Waals surface area contributed by atoms with Crippen LogP contribution >= 0.6 is 0 Å². The number of carbonyl (C=O) groups is 1. The van der Waals surface area contributed by atoms with E-state index in [0.29, 0.717) is 11.0 Å². The second kappa shape index (κ2) is 6.31. The van der Waals surface area contributed by atoms with Crippen LogP contribution < -0.4 is 15.7 Å². The van der Waals surface area contributed by atoms with Crippen LogP contribution in [-0.2, 0) is 0 Å². The number of halogens is 3. The summed E-state index contributed by atoms with van der Waals surface area (Å²) >= 11 is 0. The average Bonchev–Trinajstić information content (AvgIpc) is 2.54. The van der Waals surface area contributed by atoms with E-state index in [2.05, 4.69) is 10.1 Å². The third-order valence-electron chi connectivity index (χ3n) is 3.23. The minimum atomic E-state index is -4.80. The predicted molar refractivity (Wildman–Crippen MR) is 83.6 cm³/mol. The lowest BCUT2D eigenvalue weighted by Crippen LogP contribution is -2.20. The molecular formula is C17H10F3NO4. The highest BCUT2D eigenvalue weighted by Crippen LogP contribution is 2.24. The first-order valence-corrected chi connectivity index (χ1v) is 7.02. The lowest BCUT2D eigenvalue weighted by molar-refractivity contribution is -0.274.